The molecule has 0 saturated carbocycles. The molecule has 0 fully saturated rings. The molecule has 0 unspecified atom stereocenters. The average Bonchev–Trinajstić information content (AvgIpc) is 2.31. The van der Waals surface area contributed by atoms with Crippen LogP contribution in [0.5, 0.6) is 11.5 Å². The fourth-order valence-electron chi connectivity index (χ4n) is 1.64. The van der Waals surface area contributed by atoms with Crippen LogP contribution in [0.3, 0.4) is 0 Å². The van der Waals surface area contributed by atoms with Gasteiger partial charge in [-0.1, -0.05) is 6.07 Å². The molecule has 0 N–H and O–H groups in total. The lowest BCUT2D eigenvalue weighted by atomic mass is 10.1. The molecule has 0 aliphatic heterocycles. The lowest BCUT2D eigenvalue weighted by Crippen LogP contribution is -1.93. The molecule has 0 aromatic heterocycles. The van der Waals surface area contributed by atoms with E-state index in [0.717, 1.165) is 23.3 Å². The molecule has 0 radical (unpaired) electrons. The Hall–Kier alpha value is -1.90. The van der Waals surface area contributed by atoms with Gasteiger partial charge in [-0.25, -0.2) is 8.78 Å². The van der Waals surface area contributed by atoms with Crippen molar-refractivity contribution in [3.05, 3.63) is 58.7 Å². The lowest BCUT2D eigenvalue weighted by molar-refractivity contribution is 0.457. The number of rotatable bonds is 2. The molecule has 0 bridgehead atoms. The molecule has 0 aliphatic rings. The third kappa shape index (κ3) is 2.50. The van der Waals surface area contributed by atoms with Gasteiger partial charge in [0.25, 0.3) is 0 Å². The summed E-state index contributed by atoms with van der Waals surface area (Å²) in [6.45, 7) is 5.65. The summed E-state index contributed by atoms with van der Waals surface area (Å²) in [5, 5.41) is 0. The van der Waals surface area contributed by atoms with Gasteiger partial charge in [0.2, 0.25) is 0 Å². The first-order chi connectivity index (χ1) is 8.47. The Morgan fingerprint density at radius 1 is 0.778 bits per heavy atom. The largest absolute Gasteiger partial charge is 0.457 e. The van der Waals surface area contributed by atoms with E-state index in [0.29, 0.717) is 17.1 Å². The topological polar surface area (TPSA) is 9.23 Å². The van der Waals surface area contributed by atoms with Crippen molar-refractivity contribution in [1.82, 2.24) is 0 Å². The maximum atomic E-state index is 13.2. The molecule has 94 valence electrons. The number of hydrogen-bond donors (Lipinski definition) is 0. The molecule has 0 saturated heterocycles. The van der Waals surface area contributed by atoms with Crippen molar-refractivity contribution in [2.75, 3.05) is 0 Å². The highest BCUT2D eigenvalue weighted by atomic mass is 19.2. The van der Waals surface area contributed by atoms with E-state index >= 15 is 0 Å². The van der Waals surface area contributed by atoms with Crippen molar-refractivity contribution in [3.63, 3.8) is 0 Å². The fourth-order valence-corrected chi connectivity index (χ4v) is 1.64. The minimum atomic E-state index is -0.903. The Kier molecular flexibility index (Phi) is 3.32. The third-order valence-corrected chi connectivity index (χ3v) is 2.92. The van der Waals surface area contributed by atoms with Gasteiger partial charge in [0, 0.05) is 6.07 Å². The van der Waals surface area contributed by atoms with Gasteiger partial charge in [-0.05, 0) is 55.7 Å². The minimum absolute atomic E-state index is 0.331. The smallest absolute Gasteiger partial charge is 0.162 e. The number of hydrogen-bond acceptors (Lipinski definition) is 1. The normalized spacial score (nSPS) is 10.5. The monoisotopic (exact) mass is 248 g/mol. The standard InChI is InChI=1S/C15H14F2O/c1-9-4-5-12(6-10(9)2)18-15-8-14(17)13(16)7-11(15)3/h4-8H,1-3H3. The zero-order valence-electron chi connectivity index (χ0n) is 10.6. The summed E-state index contributed by atoms with van der Waals surface area (Å²) < 4.78 is 31.7. The summed E-state index contributed by atoms with van der Waals surface area (Å²) in [6.07, 6.45) is 0. The molecule has 3 heteroatoms. The minimum Gasteiger partial charge on any atom is -0.457 e. The van der Waals surface area contributed by atoms with Gasteiger partial charge >= 0.3 is 0 Å². The van der Waals surface area contributed by atoms with E-state index in [4.69, 9.17) is 4.74 Å². The van der Waals surface area contributed by atoms with Crippen LogP contribution in [-0.4, -0.2) is 0 Å². The highest BCUT2D eigenvalue weighted by Gasteiger charge is 2.09. The average molecular weight is 248 g/mol. The van der Waals surface area contributed by atoms with E-state index in [-0.39, 0.29) is 0 Å². The summed E-state index contributed by atoms with van der Waals surface area (Å²) in [7, 11) is 0. The van der Waals surface area contributed by atoms with Gasteiger partial charge in [0.1, 0.15) is 11.5 Å². The van der Waals surface area contributed by atoms with Crippen LogP contribution in [-0.2, 0) is 0 Å². The number of aryl methyl sites for hydroxylation is 3. The fraction of sp³-hybridized carbons (Fsp3) is 0.200. The van der Waals surface area contributed by atoms with Gasteiger partial charge < -0.3 is 4.74 Å². The van der Waals surface area contributed by atoms with Gasteiger partial charge in [-0.2, -0.15) is 0 Å². The van der Waals surface area contributed by atoms with Crippen molar-refractivity contribution in [3.8, 4) is 11.5 Å². The first kappa shape index (κ1) is 12.6. The van der Waals surface area contributed by atoms with Crippen LogP contribution in [0.15, 0.2) is 30.3 Å². The summed E-state index contributed by atoms with van der Waals surface area (Å²) in [5.74, 6) is -0.816. The van der Waals surface area contributed by atoms with Crippen molar-refractivity contribution < 1.29 is 13.5 Å². The molecular weight excluding hydrogens is 234 g/mol. The van der Waals surface area contributed by atoms with Crippen molar-refractivity contribution >= 4 is 0 Å². The van der Waals surface area contributed by atoms with Crippen LogP contribution in [0.2, 0.25) is 0 Å². The molecular formula is C15H14F2O. The SMILES string of the molecule is Cc1ccc(Oc2cc(F)c(F)cc2C)cc1C. The Labute approximate surface area is 105 Å². The first-order valence-electron chi connectivity index (χ1n) is 5.68. The maximum Gasteiger partial charge on any atom is 0.162 e. The molecule has 0 amide bonds. The third-order valence-electron chi connectivity index (χ3n) is 2.92. The van der Waals surface area contributed by atoms with Crippen LogP contribution in [0.25, 0.3) is 0 Å². The van der Waals surface area contributed by atoms with Crippen molar-refractivity contribution in [2.24, 2.45) is 0 Å². The molecule has 2 rings (SSSR count). The highest BCUT2D eigenvalue weighted by molar-refractivity contribution is 5.40. The molecule has 18 heavy (non-hydrogen) atoms. The molecule has 2 aromatic carbocycles. The molecule has 2 aromatic rings. The van der Waals surface area contributed by atoms with Gasteiger partial charge in [0.15, 0.2) is 11.6 Å². The van der Waals surface area contributed by atoms with E-state index in [1.54, 1.807) is 6.92 Å². The van der Waals surface area contributed by atoms with Gasteiger partial charge in [0.05, 0.1) is 0 Å². The van der Waals surface area contributed by atoms with Crippen LogP contribution in [0.4, 0.5) is 8.78 Å². The second kappa shape index (κ2) is 4.77. The predicted molar refractivity (Wildman–Crippen MR) is 67.1 cm³/mol. The highest BCUT2D eigenvalue weighted by Crippen LogP contribution is 2.28. The zero-order chi connectivity index (χ0) is 13.3. The quantitative estimate of drug-likeness (QED) is 0.749. The second-order valence-corrected chi connectivity index (χ2v) is 4.38. The van der Waals surface area contributed by atoms with E-state index in [1.807, 2.05) is 32.0 Å². The Bertz CT molecular complexity index is 591. The first-order valence-corrected chi connectivity index (χ1v) is 5.68. The number of halogens is 2. The molecule has 0 heterocycles. The lowest BCUT2D eigenvalue weighted by Gasteiger charge is -2.10. The summed E-state index contributed by atoms with van der Waals surface area (Å²) >= 11 is 0. The van der Waals surface area contributed by atoms with E-state index in [1.165, 1.54) is 0 Å². The van der Waals surface area contributed by atoms with Crippen LogP contribution < -0.4 is 4.74 Å². The maximum absolute atomic E-state index is 13.2. The molecule has 0 aliphatic carbocycles. The Morgan fingerprint density at radius 3 is 2.11 bits per heavy atom. The summed E-state index contributed by atoms with van der Waals surface area (Å²) in [6, 6.07) is 7.81. The van der Waals surface area contributed by atoms with Crippen LogP contribution >= 0.6 is 0 Å². The molecule has 0 atom stereocenters. The van der Waals surface area contributed by atoms with E-state index in [2.05, 4.69) is 0 Å². The Balaban J connectivity index is 2.34. The van der Waals surface area contributed by atoms with Crippen molar-refractivity contribution in [1.29, 1.82) is 0 Å². The predicted octanol–water partition coefficient (Wildman–Crippen LogP) is 4.68. The van der Waals surface area contributed by atoms with E-state index < -0.39 is 11.6 Å². The van der Waals surface area contributed by atoms with Gasteiger partial charge in [-0.3, -0.25) is 0 Å². The number of ether oxygens (including phenoxy) is 1. The zero-order valence-corrected chi connectivity index (χ0v) is 10.6. The second-order valence-electron chi connectivity index (χ2n) is 4.38. The molecule has 0 spiro atoms. The van der Waals surface area contributed by atoms with Gasteiger partial charge in [-0.15, -0.1) is 0 Å². The van der Waals surface area contributed by atoms with Crippen LogP contribution in [0.1, 0.15) is 16.7 Å². The summed E-state index contributed by atoms with van der Waals surface area (Å²) in [5.41, 5.74) is 2.81. The summed E-state index contributed by atoms with van der Waals surface area (Å²) in [4.78, 5) is 0. The molecule has 1 nitrogen and oxygen atoms in total. The Morgan fingerprint density at radius 2 is 1.44 bits per heavy atom. The number of benzene rings is 2. The van der Waals surface area contributed by atoms with Crippen LogP contribution in [0, 0.1) is 32.4 Å². The van der Waals surface area contributed by atoms with E-state index in [9.17, 15) is 8.78 Å². The van der Waals surface area contributed by atoms with Crippen molar-refractivity contribution in [2.45, 2.75) is 20.8 Å².